The van der Waals surface area contributed by atoms with Crippen molar-refractivity contribution in [2.45, 2.75) is 0 Å². The standard InChI is InChI=1S/C17H10Cl2N2/c18-15-7-6-12(9-16(15)19)21-17-8-5-11(10-20)13-3-1-2-4-14(13)17/h1-9,21H. The second kappa shape index (κ2) is 5.65. The summed E-state index contributed by atoms with van der Waals surface area (Å²) >= 11 is 12.0. The summed E-state index contributed by atoms with van der Waals surface area (Å²) in [5.74, 6) is 0. The number of hydrogen-bond donors (Lipinski definition) is 1. The van der Waals surface area contributed by atoms with Gasteiger partial charge in [-0.1, -0.05) is 47.5 Å². The molecule has 0 aliphatic heterocycles. The zero-order valence-electron chi connectivity index (χ0n) is 10.9. The van der Waals surface area contributed by atoms with E-state index in [4.69, 9.17) is 23.2 Å². The second-order valence-electron chi connectivity index (χ2n) is 4.57. The minimum atomic E-state index is 0.500. The van der Waals surface area contributed by atoms with E-state index in [1.807, 2.05) is 42.5 Å². The van der Waals surface area contributed by atoms with Gasteiger partial charge in [0.15, 0.2) is 0 Å². The Kier molecular flexibility index (Phi) is 3.70. The topological polar surface area (TPSA) is 35.8 Å². The Labute approximate surface area is 132 Å². The van der Waals surface area contributed by atoms with E-state index in [0.717, 1.165) is 22.1 Å². The van der Waals surface area contributed by atoms with Crippen LogP contribution in [0.15, 0.2) is 54.6 Å². The van der Waals surface area contributed by atoms with Gasteiger partial charge in [0.2, 0.25) is 0 Å². The summed E-state index contributed by atoms with van der Waals surface area (Å²) in [7, 11) is 0. The fraction of sp³-hybridized carbons (Fsp3) is 0. The number of hydrogen-bond acceptors (Lipinski definition) is 2. The van der Waals surface area contributed by atoms with Gasteiger partial charge in [-0.25, -0.2) is 0 Å². The van der Waals surface area contributed by atoms with Crippen molar-refractivity contribution in [2.75, 3.05) is 5.32 Å². The molecule has 21 heavy (non-hydrogen) atoms. The summed E-state index contributed by atoms with van der Waals surface area (Å²) in [6.45, 7) is 0. The van der Waals surface area contributed by atoms with Gasteiger partial charge < -0.3 is 5.32 Å². The number of nitrogens with zero attached hydrogens (tertiary/aromatic N) is 1. The molecule has 0 radical (unpaired) electrons. The predicted molar refractivity (Wildman–Crippen MR) is 88.4 cm³/mol. The van der Waals surface area contributed by atoms with Gasteiger partial charge >= 0.3 is 0 Å². The van der Waals surface area contributed by atoms with Crippen LogP contribution >= 0.6 is 23.2 Å². The van der Waals surface area contributed by atoms with Gasteiger partial charge in [-0.3, -0.25) is 0 Å². The molecule has 0 aliphatic rings. The van der Waals surface area contributed by atoms with Gasteiger partial charge in [-0.05, 0) is 30.3 Å². The minimum Gasteiger partial charge on any atom is -0.355 e. The molecule has 1 N–H and O–H groups in total. The highest BCUT2D eigenvalue weighted by molar-refractivity contribution is 6.42. The monoisotopic (exact) mass is 312 g/mol. The van der Waals surface area contributed by atoms with Crippen LogP contribution in [0.5, 0.6) is 0 Å². The minimum absolute atomic E-state index is 0.500. The molecule has 3 aromatic rings. The molecule has 3 aromatic carbocycles. The molecule has 0 aliphatic carbocycles. The third kappa shape index (κ3) is 2.67. The average Bonchev–Trinajstić information content (AvgIpc) is 2.51. The molecule has 0 atom stereocenters. The van der Waals surface area contributed by atoms with E-state index in [0.29, 0.717) is 15.6 Å². The first kappa shape index (κ1) is 13.8. The number of rotatable bonds is 2. The number of nitrogens with one attached hydrogen (secondary N) is 1. The molecule has 0 heterocycles. The van der Waals surface area contributed by atoms with Crippen LogP contribution in [0.3, 0.4) is 0 Å². The fourth-order valence-corrected chi connectivity index (χ4v) is 2.53. The summed E-state index contributed by atoms with van der Waals surface area (Å²) in [5.41, 5.74) is 2.42. The Bertz CT molecular complexity index is 866. The molecule has 0 fully saturated rings. The van der Waals surface area contributed by atoms with E-state index in [9.17, 15) is 5.26 Å². The van der Waals surface area contributed by atoms with Crippen molar-refractivity contribution < 1.29 is 0 Å². The van der Waals surface area contributed by atoms with E-state index in [2.05, 4.69) is 11.4 Å². The molecule has 0 saturated carbocycles. The maximum absolute atomic E-state index is 9.18. The van der Waals surface area contributed by atoms with Crippen molar-refractivity contribution in [2.24, 2.45) is 0 Å². The van der Waals surface area contributed by atoms with Crippen molar-refractivity contribution in [1.29, 1.82) is 5.26 Å². The van der Waals surface area contributed by atoms with Crippen LogP contribution in [0.2, 0.25) is 10.0 Å². The van der Waals surface area contributed by atoms with Crippen LogP contribution in [0, 0.1) is 11.3 Å². The lowest BCUT2D eigenvalue weighted by molar-refractivity contribution is 1.50. The van der Waals surface area contributed by atoms with Gasteiger partial charge in [0.1, 0.15) is 0 Å². The molecule has 0 aromatic heterocycles. The van der Waals surface area contributed by atoms with E-state index in [-0.39, 0.29) is 0 Å². The molecule has 0 spiro atoms. The summed E-state index contributed by atoms with van der Waals surface area (Å²) < 4.78 is 0. The van der Waals surface area contributed by atoms with E-state index in [1.165, 1.54) is 0 Å². The Morgan fingerprint density at radius 1 is 0.857 bits per heavy atom. The summed E-state index contributed by atoms with van der Waals surface area (Å²) in [5, 5.41) is 15.4. The quantitative estimate of drug-likeness (QED) is 0.652. The van der Waals surface area contributed by atoms with Crippen molar-refractivity contribution in [3.63, 3.8) is 0 Å². The van der Waals surface area contributed by atoms with Gasteiger partial charge in [0.05, 0.1) is 21.7 Å². The van der Waals surface area contributed by atoms with Crippen LogP contribution in [0.1, 0.15) is 5.56 Å². The Morgan fingerprint density at radius 2 is 1.62 bits per heavy atom. The zero-order chi connectivity index (χ0) is 14.8. The summed E-state index contributed by atoms with van der Waals surface area (Å²) in [4.78, 5) is 0. The van der Waals surface area contributed by atoms with Crippen molar-refractivity contribution >= 4 is 45.3 Å². The highest BCUT2D eigenvalue weighted by atomic mass is 35.5. The molecule has 0 unspecified atom stereocenters. The average molecular weight is 313 g/mol. The van der Waals surface area contributed by atoms with Crippen LogP contribution in [-0.2, 0) is 0 Å². The molecule has 0 saturated heterocycles. The van der Waals surface area contributed by atoms with Crippen LogP contribution in [0.4, 0.5) is 11.4 Å². The molecular formula is C17H10Cl2N2. The number of benzene rings is 3. The predicted octanol–water partition coefficient (Wildman–Crippen LogP) is 5.76. The Morgan fingerprint density at radius 3 is 2.33 bits per heavy atom. The molecule has 0 bridgehead atoms. The van der Waals surface area contributed by atoms with Gasteiger partial charge in [-0.2, -0.15) is 5.26 Å². The molecule has 102 valence electrons. The number of anilines is 2. The Hall–Kier alpha value is -2.21. The first-order valence-electron chi connectivity index (χ1n) is 6.33. The molecule has 0 amide bonds. The first-order chi connectivity index (χ1) is 10.2. The normalized spacial score (nSPS) is 10.3. The van der Waals surface area contributed by atoms with Gasteiger partial charge in [0.25, 0.3) is 0 Å². The van der Waals surface area contributed by atoms with Gasteiger partial charge in [-0.15, -0.1) is 0 Å². The molecule has 3 rings (SSSR count). The van der Waals surface area contributed by atoms with Crippen LogP contribution in [0.25, 0.3) is 10.8 Å². The van der Waals surface area contributed by atoms with E-state index in [1.54, 1.807) is 12.1 Å². The highest BCUT2D eigenvalue weighted by Gasteiger charge is 2.06. The molecular weight excluding hydrogens is 303 g/mol. The number of fused-ring (bicyclic) bond motifs is 1. The summed E-state index contributed by atoms with van der Waals surface area (Å²) in [6, 6.07) is 19.1. The zero-order valence-corrected chi connectivity index (χ0v) is 12.4. The number of nitriles is 1. The largest absolute Gasteiger partial charge is 0.355 e. The fourth-order valence-electron chi connectivity index (χ4n) is 2.23. The first-order valence-corrected chi connectivity index (χ1v) is 7.08. The highest BCUT2D eigenvalue weighted by Crippen LogP contribution is 2.31. The maximum Gasteiger partial charge on any atom is 0.0998 e. The molecule has 4 heteroatoms. The SMILES string of the molecule is N#Cc1ccc(Nc2ccc(Cl)c(Cl)c2)c2ccccc12. The molecule has 2 nitrogen and oxygen atoms in total. The Balaban J connectivity index is 2.09. The second-order valence-corrected chi connectivity index (χ2v) is 5.39. The van der Waals surface area contributed by atoms with Crippen LogP contribution < -0.4 is 5.32 Å². The van der Waals surface area contributed by atoms with Crippen molar-refractivity contribution in [3.8, 4) is 6.07 Å². The third-order valence-corrected chi connectivity index (χ3v) is 3.98. The lowest BCUT2D eigenvalue weighted by Gasteiger charge is -2.11. The smallest absolute Gasteiger partial charge is 0.0998 e. The van der Waals surface area contributed by atoms with E-state index >= 15 is 0 Å². The lowest BCUT2D eigenvalue weighted by atomic mass is 10.0. The van der Waals surface area contributed by atoms with E-state index < -0.39 is 0 Å². The number of halogens is 2. The maximum atomic E-state index is 9.18. The third-order valence-electron chi connectivity index (χ3n) is 3.24. The van der Waals surface area contributed by atoms with Gasteiger partial charge in [0, 0.05) is 22.1 Å². The van der Waals surface area contributed by atoms with Crippen molar-refractivity contribution in [3.05, 3.63) is 70.2 Å². The lowest BCUT2D eigenvalue weighted by Crippen LogP contribution is -1.93. The summed E-state index contributed by atoms with van der Waals surface area (Å²) in [6.07, 6.45) is 0. The van der Waals surface area contributed by atoms with Crippen molar-refractivity contribution in [1.82, 2.24) is 0 Å². The van der Waals surface area contributed by atoms with Crippen LogP contribution in [-0.4, -0.2) is 0 Å².